The second-order valence-corrected chi connectivity index (χ2v) is 6.68. The van der Waals surface area contributed by atoms with Gasteiger partial charge in [0.2, 0.25) is 0 Å². The van der Waals surface area contributed by atoms with Crippen LogP contribution >= 0.6 is 0 Å². The second-order valence-electron chi connectivity index (χ2n) is 6.68. The van der Waals surface area contributed by atoms with Gasteiger partial charge in [-0.2, -0.15) is 0 Å². The van der Waals surface area contributed by atoms with Crippen LogP contribution in [0.3, 0.4) is 0 Å². The Morgan fingerprint density at radius 1 is 1.30 bits per heavy atom. The van der Waals surface area contributed by atoms with Gasteiger partial charge in [0.1, 0.15) is 11.3 Å². The summed E-state index contributed by atoms with van der Waals surface area (Å²) in [6.07, 6.45) is 1.25. The van der Waals surface area contributed by atoms with E-state index in [2.05, 4.69) is 9.88 Å². The molecule has 1 aromatic heterocycles. The van der Waals surface area contributed by atoms with Gasteiger partial charge in [0, 0.05) is 25.7 Å². The third-order valence-corrected chi connectivity index (χ3v) is 3.59. The van der Waals surface area contributed by atoms with Crippen molar-refractivity contribution < 1.29 is 19.4 Å². The Balaban J connectivity index is 2.00. The van der Waals surface area contributed by atoms with E-state index in [1.807, 2.05) is 27.7 Å². The lowest BCUT2D eigenvalue weighted by Crippen LogP contribution is -2.55. The van der Waals surface area contributed by atoms with E-state index in [0.717, 1.165) is 5.69 Å². The maximum Gasteiger partial charge on any atom is 0.410 e. The normalized spacial score (nSPS) is 18.7. The van der Waals surface area contributed by atoms with Gasteiger partial charge in [-0.15, -0.1) is 0 Å². The van der Waals surface area contributed by atoms with Gasteiger partial charge in [0.05, 0.1) is 11.9 Å². The van der Waals surface area contributed by atoms with Crippen LogP contribution in [0, 0.1) is 0 Å². The summed E-state index contributed by atoms with van der Waals surface area (Å²) in [5.74, 6) is -1.04. The number of hydrogen-bond acceptors (Lipinski definition) is 5. The van der Waals surface area contributed by atoms with Crippen molar-refractivity contribution in [3.63, 3.8) is 0 Å². The second kappa shape index (κ2) is 6.44. The van der Waals surface area contributed by atoms with Crippen LogP contribution < -0.4 is 4.90 Å². The molecule has 0 saturated carbocycles. The third kappa shape index (κ3) is 4.34. The number of anilines is 1. The molecule has 7 heteroatoms. The molecule has 0 spiro atoms. The molecular formula is C16H23N3O4. The highest BCUT2D eigenvalue weighted by Crippen LogP contribution is 2.20. The first kappa shape index (κ1) is 17.1. The molecule has 1 fully saturated rings. The van der Waals surface area contributed by atoms with Crippen LogP contribution in [0.25, 0.3) is 0 Å². The van der Waals surface area contributed by atoms with E-state index < -0.39 is 11.6 Å². The van der Waals surface area contributed by atoms with Gasteiger partial charge in [-0.05, 0) is 39.8 Å². The predicted octanol–water partition coefficient (Wildman–Crippen LogP) is 2.23. The van der Waals surface area contributed by atoms with E-state index in [-0.39, 0.29) is 17.8 Å². The van der Waals surface area contributed by atoms with Gasteiger partial charge in [0.25, 0.3) is 0 Å². The van der Waals surface area contributed by atoms with Crippen LogP contribution in [0.4, 0.5) is 10.5 Å². The van der Waals surface area contributed by atoms with Crippen molar-refractivity contribution in [3.05, 3.63) is 24.0 Å². The fraction of sp³-hybridized carbons (Fsp3) is 0.562. The van der Waals surface area contributed by atoms with E-state index in [0.29, 0.717) is 19.6 Å². The average molecular weight is 321 g/mol. The Hall–Kier alpha value is -2.31. The van der Waals surface area contributed by atoms with Crippen LogP contribution in [0.15, 0.2) is 18.3 Å². The summed E-state index contributed by atoms with van der Waals surface area (Å²) in [5.41, 5.74) is 0.365. The van der Waals surface area contributed by atoms with Crippen molar-refractivity contribution in [2.24, 2.45) is 0 Å². The number of carbonyl (C=O) groups is 2. The van der Waals surface area contributed by atoms with Crippen LogP contribution in [0.2, 0.25) is 0 Å². The first-order valence-corrected chi connectivity index (χ1v) is 7.61. The Kier molecular flexibility index (Phi) is 4.77. The third-order valence-electron chi connectivity index (χ3n) is 3.59. The maximum absolute atomic E-state index is 12.2. The van der Waals surface area contributed by atoms with Crippen molar-refractivity contribution in [1.29, 1.82) is 0 Å². The smallest absolute Gasteiger partial charge is 0.410 e. The monoisotopic (exact) mass is 321 g/mol. The van der Waals surface area contributed by atoms with Crippen LogP contribution in [0.1, 0.15) is 38.2 Å². The van der Waals surface area contributed by atoms with Crippen molar-refractivity contribution in [3.8, 4) is 0 Å². The number of aromatic carboxylic acids is 1. The summed E-state index contributed by atoms with van der Waals surface area (Å²) >= 11 is 0. The molecule has 2 rings (SSSR count). The molecule has 1 aromatic rings. The summed E-state index contributed by atoms with van der Waals surface area (Å²) < 4.78 is 5.42. The molecule has 126 valence electrons. The molecule has 0 bridgehead atoms. The summed E-state index contributed by atoms with van der Waals surface area (Å²) in [6, 6.07) is 3.23. The Morgan fingerprint density at radius 3 is 2.48 bits per heavy atom. The van der Waals surface area contributed by atoms with E-state index >= 15 is 0 Å². The zero-order chi connectivity index (χ0) is 17.2. The number of piperazine rings is 1. The van der Waals surface area contributed by atoms with Crippen LogP contribution in [-0.4, -0.2) is 58.3 Å². The summed E-state index contributed by atoms with van der Waals surface area (Å²) in [5, 5.41) is 8.88. The van der Waals surface area contributed by atoms with E-state index in [4.69, 9.17) is 9.84 Å². The Labute approximate surface area is 135 Å². The quantitative estimate of drug-likeness (QED) is 0.899. The van der Waals surface area contributed by atoms with Crippen molar-refractivity contribution in [2.45, 2.75) is 39.3 Å². The van der Waals surface area contributed by atoms with Crippen molar-refractivity contribution >= 4 is 17.7 Å². The summed E-state index contributed by atoms with van der Waals surface area (Å²) in [6.45, 7) is 9.36. The van der Waals surface area contributed by atoms with Gasteiger partial charge in [-0.1, -0.05) is 0 Å². The molecule has 0 aromatic carbocycles. The number of pyridine rings is 1. The average Bonchev–Trinajstić information content (AvgIpc) is 2.45. The number of hydrogen-bond donors (Lipinski definition) is 1. The molecule has 1 aliphatic rings. The first-order chi connectivity index (χ1) is 10.7. The lowest BCUT2D eigenvalue weighted by atomic mass is 10.1. The molecule has 1 atom stereocenters. The number of amides is 1. The van der Waals surface area contributed by atoms with Crippen molar-refractivity contribution in [1.82, 2.24) is 9.88 Å². The van der Waals surface area contributed by atoms with Gasteiger partial charge in [0.15, 0.2) is 0 Å². The molecule has 0 unspecified atom stereocenters. The Bertz CT molecular complexity index is 580. The molecule has 0 radical (unpaired) electrons. The minimum atomic E-state index is -1.04. The van der Waals surface area contributed by atoms with Gasteiger partial charge in [-0.25, -0.2) is 14.6 Å². The maximum atomic E-state index is 12.2. The fourth-order valence-corrected chi connectivity index (χ4v) is 2.48. The number of nitrogens with zero attached hydrogens (tertiary/aromatic N) is 3. The zero-order valence-electron chi connectivity index (χ0n) is 13.9. The topological polar surface area (TPSA) is 83.0 Å². The standard InChI is InChI=1S/C16H23N3O4/c1-11-10-18(12-5-6-13(14(20)21)17-9-12)7-8-19(11)15(22)23-16(2,3)4/h5-6,9,11H,7-8,10H2,1-4H3,(H,20,21)/t11-/m0/s1. The molecule has 1 amide bonds. The van der Waals surface area contributed by atoms with Gasteiger partial charge in [-0.3, -0.25) is 0 Å². The lowest BCUT2D eigenvalue weighted by molar-refractivity contribution is 0.0158. The molecule has 0 aliphatic carbocycles. The van der Waals surface area contributed by atoms with Crippen molar-refractivity contribution in [2.75, 3.05) is 24.5 Å². The highest BCUT2D eigenvalue weighted by Gasteiger charge is 2.31. The molecule has 7 nitrogen and oxygen atoms in total. The number of rotatable bonds is 2. The molecule has 1 N–H and O–H groups in total. The molecule has 1 aliphatic heterocycles. The summed E-state index contributed by atoms with van der Waals surface area (Å²) in [4.78, 5) is 30.8. The fourth-order valence-electron chi connectivity index (χ4n) is 2.48. The lowest BCUT2D eigenvalue weighted by Gasteiger charge is -2.41. The van der Waals surface area contributed by atoms with Crippen LogP contribution in [-0.2, 0) is 4.74 Å². The SMILES string of the molecule is C[C@H]1CN(c2ccc(C(=O)O)nc2)CCN1C(=O)OC(C)(C)C. The number of carboxylic acids is 1. The number of carbonyl (C=O) groups excluding carboxylic acids is 1. The van der Waals surface area contributed by atoms with E-state index in [1.165, 1.54) is 6.07 Å². The molecule has 23 heavy (non-hydrogen) atoms. The first-order valence-electron chi connectivity index (χ1n) is 7.61. The molecule has 2 heterocycles. The minimum absolute atomic E-state index is 0.00208. The van der Waals surface area contributed by atoms with Gasteiger partial charge >= 0.3 is 12.1 Å². The zero-order valence-corrected chi connectivity index (χ0v) is 13.9. The Morgan fingerprint density at radius 2 is 2.00 bits per heavy atom. The largest absolute Gasteiger partial charge is 0.477 e. The molecule has 1 saturated heterocycles. The van der Waals surface area contributed by atoms with Gasteiger partial charge < -0.3 is 19.6 Å². The number of carboxylic acid groups (broad SMARTS) is 1. The highest BCUT2D eigenvalue weighted by atomic mass is 16.6. The predicted molar refractivity (Wildman–Crippen MR) is 85.8 cm³/mol. The highest BCUT2D eigenvalue weighted by molar-refractivity contribution is 5.85. The summed E-state index contributed by atoms with van der Waals surface area (Å²) in [7, 11) is 0. The number of aromatic nitrogens is 1. The van der Waals surface area contributed by atoms with E-state index in [1.54, 1.807) is 17.2 Å². The molecular weight excluding hydrogens is 298 g/mol. The number of ether oxygens (including phenoxy) is 1. The minimum Gasteiger partial charge on any atom is -0.477 e. The van der Waals surface area contributed by atoms with E-state index in [9.17, 15) is 9.59 Å². The van der Waals surface area contributed by atoms with Crippen LogP contribution in [0.5, 0.6) is 0 Å².